The molecule has 0 radical (unpaired) electrons. The third-order valence-electron chi connectivity index (χ3n) is 3.40. The number of fused-ring (bicyclic) bond motifs is 2. The van der Waals surface area contributed by atoms with Gasteiger partial charge in [0.05, 0.1) is 22.1 Å². The molecular weight excluding hydrogens is 404 g/mol. The number of Topliss-reactive ketones (excluding diaryl/α,β-unsaturated/α-hetero) is 1. The summed E-state index contributed by atoms with van der Waals surface area (Å²) in [7, 11) is 0. The van der Waals surface area contributed by atoms with Crippen molar-refractivity contribution in [2.75, 3.05) is 0 Å². The number of hydrogen-bond acceptors (Lipinski definition) is 5. The van der Waals surface area contributed by atoms with Crippen LogP contribution in [-0.2, 0) is 9.59 Å². The van der Waals surface area contributed by atoms with Crippen molar-refractivity contribution in [3.8, 4) is 0 Å². The van der Waals surface area contributed by atoms with Gasteiger partial charge >= 0.3 is 0 Å². The molecule has 32 heavy (non-hydrogen) atoms. The van der Waals surface area contributed by atoms with Crippen LogP contribution in [0.5, 0.6) is 0 Å². The van der Waals surface area contributed by atoms with Crippen molar-refractivity contribution >= 4 is 46.0 Å². The Hall–Kier alpha value is -3.87. The molecule has 0 aliphatic carbocycles. The number of ketones is 2. The van der Waals surface area contributed by atoms with Crippen LogP contribution in [0.2, 0.25) is 0 Å². The van der Waals surface area contributed by atoms with E-state index in [0.717, 1.165) is 22.1 Å². The molecular formula is C25H34N4O3. The van der Waals surface area contributed by atoms with E-state index < -0.39 is 0 Å². The number of allylic oxidation sites excluding steroid dienone is 1. The summed E-state index contributed by atoms with van der Waals surface area (Å²) in [5, 5.41) is 0. The van der Waals surface area contributed by atoms with Crippen molar-refractivity contribution < 1.29 is 14.4 Å². The van der Waals surface area contributed by atoms with Gasteiger partial charge in [0, 0.05) is 0 Å². The molecule has 2 N–H and O–H groups in total. The molecule has 0 saturated heterocycles. The maximum absolute atomic E-state index is 10.7. The van der Waals surface area contributed by atoms with E-state index in [-0.39, 0.29) is 33.8 Å². The molecule has 0 fully saturated rings. The molecule has 0 bridgehead atoms. The number of benzene rings is 2. The quantitative estimate of drug-likeness (QED) is 0.299. The van der Waals surface area contributed by atoms with E-state index in [9.17, 15) is 14.4 Å². The first-order chi connectivity index (χ1) is 13.9. The van der Waals surface area contributed by atoms with Crippen molar-refractivity contribution in [1.29, 1.82) is 0 Å². The summed E-state index contributed by atoms with van der Waals surface area (Å²) >= 11 is 0. The normalized spacial score (nSPS) is 9.22. The Morgan fingerprint density at radius 2 is 1.16 bits per heavy atom. The summed E-state index contributed by atoms with van der Waals surface area (Å²) in [6.45, 7) is 4.57. The van der Waals surface area contributed by atoms with Crippen LogP contribution in [0.25, 0.3) is 28.1 Å². The largest absolute Gasteiger partial charge is 0.338 e. The highest BCUT2D eigenvalue weighted by molar-refractivity contribution is 5.91. The van der Waals surface area contributed by atoms with Crippen LogP contribution in [0.3, 0.4) is 0 Å². The molecule has 7 heteroatoms. The number of carbonyl (C=O) groups excluding carboxylic acids is 3. The lowest BCUT2D eigenvalue weighted by molar-refractivity contribution is -0.115. The van der Waals surface area contributed by atoms with Crippen LogP contribution >= 0.6 is 0 Å². The summed E-state index contributed by atoms with van der Waals surface area (Å²) in [5.74, 6) is 1.28. The van der Waals surface area contributed by atoms with Crippen molar-refractivity contribution in [2.45, 2.75) is 43.1 Å². The second-order valence-electron chi connectivity index (χ2n) is 6.25. The predicted octanol–water partition coefficient (Wildman–Crippen LogP) is 6.04. The average molecular weight is 439 g/mol. The molecule has 0 aliphatic rings. The van der Waals surface area contributed by atoms with Crippen molar-refractivity contribution in [1.82, 2.24) is 19.9 Å². The van der Waals surface area contributed by atoms with Gasteiger partial charge in [-0.1, -0.05) is 46.5 Å². The number of H-pyrrole nitrogens is 2. The minimum atomic E-state index is 0. The number of hydrogen-bond donors (Lipinski definition) is 2. The van der Waals surface area contributed by atoms with Crippen molar-refractivity contribution in [2.24, 2.45) is 0 Å². The second kappa shape index (κ2) is 15.0. The zero-order chi connectivity index (χ0) is 21.2. The van der Waals surface area contributed by atoms with Gasteiger partial charge in [0.15, 0.2) is 17.9 Å². The van der Waals surface area contributed by atoms with E-state index in [0.29, 0.717) is 17.9 Å². The van der Waals surface area contributed by atoms with Crippen LogP contribution in [-0.4, -0.2) is 37.8 Å². The van der Waals surface area contributed by atoms with E-state index in [4.69, 9.17) is 0 Å². The highest BCUT2D eigenvalue weighted by Gasteiger charge is 1.98. The number of nitrogens with zero attached hydrogens (tertiary/aromatic N) is 2. The number of imidazole rings is 2. The molecule has 0 aliphatic heterocycles. The van der Waals surface area contributed by atoms with Gasteiger partial charge in [0.1, 0.15) is 11.6 Å². The lowest BCUT2D eigenvalue weighted by atomic mass is 10.3. The highest BCUT2D eigenvalue weighted by atomic mass is 16.1. The topological polar surface area (TPSA) is 109 Å². The van der Waals surface area contributed by atoms with Gasteiger partial charge in [-0.3, -0.25) is 9.59 Å². The first-order valence-electron chi connectivity index (χ1n) is 8.89. The minimum absolute atomic E-state index is 0. The number of nitrogens with one attached hydrogen (secondary N) is 2. The van der Waals surface area contributed by atoms with Gasteiger partial charge in [-0.2, -0.15) is 0 Å². The SMILES string of the molecule is C.C.C.CC(=O)/C=C/c1nc2ccccc2[nH]1.CC(C)=O.O=Cc1nc2ccccc2[nH]1. The van der Waals surface area contributed by atoms with E-state index in [1.54, 1.807) is 6.08 Å². The standard InChI is InChI=1S/C11H10N2O.C8H6N2O.C3H6O.3CH4/c1-8(14)6-7-11-12-9-4-2-3-5-10(9)13-11;11-5-8-9-6-3-1-2-4-7(6)10-8;1-3(2)4;;;/h2-7H,1H3,(H,12,13);1-5H,(H,9,10);1-2H3;3*1H4/b7-6+;;;;;. The molecule has 2 aromatic carbocycles. The molecule has 4 aromatic rings. The molecule has 0 amide bonds. The molecule has 172 valence electrons. The molecule has 7 nitrogen and oxygen atoms in total. The lowest BCUT2D eigenvalue weighted by Crippen LogP contribution is -1.81. The third-order valence-corrected chi connectivity index (χ3v) is 3.40. The maximum atomic E-state index is 10.7. The van der Waals surface area contributed by atoms with E-state index in [1.807, 2.05) is 48.5 Å². The van der Waals surface area contributed by atoms with Crippen molar-refractivity contribution in [3.05, 3.63) is 66.3 Å². The van der Waals surface area contributed by atoms with Gasteiger partial charge in [0.2, 0.25) is 0 Å². The molecule has 0 spiro atoms. The Labute approximate surface area is 190 Å². The van der Waals surface area contributed by atoms with E-state index >= 15 is 0 Å². The zero-order valence-electron chi connectivity index (χ0n) is 16.5. The fourth-order valence-corrected chi connectivity index (χ4v) is 2.28. The summed E-state index contributed by atoms with van der Waals surface area (Å²) in [6, 6.07) is 15.3. The van der Waals surface area contributed by atoms with E-state index in [1.165, 1.54) is 26.8 Å². The van der Waals surface area contributed by atoms with Crippen LogP contribution in [0.15, 0.2) is 54.6 Å². The predicted molar refractivity (Wildman–Crippen MR) is 134 cm³/mol. The van der Waals surface area contributed by atoms with Crippen molar-refractivity contribution in [3.63, 3.8) is 0 Å². The maximum Gasteiger partial charge on any atom is 0.185 e. The van der Waals surface area contributed by atoms with Crippen LogP contribution in [0.1, 0.15) is 59.5 Å². The second-order valence-corrected chi connectivity index (χ2v) is 6.25. The lowest BCUT2D eigenvalue weighted by Gasteiger charge is -1.81. The molecule has 2 heterocycles. The zero-order valence-corrected chi connectivity index (χ0v) is 16.5. The fraction of sp³-hybridized carbons (Fsp3) is 0.240. The van der Waals surface area contributed by atoms with Gasteiger partial charge in [-0.15, -0.1) is 0 Å². The number of para-hydroxylation sites is 4. The van der Waals surface area contributed by atoms with Gasteiger partial charge < -0.3 is 14.8 Å². The molecule has 2 aromatic heterocycles. The summed E-state index contributed by atoms with van der Waals surface area (Å²) in [4.78, 5) is 44.7. The Bertz CT molecular complexity index is 1090. The Morgan fingerprint density at radius 1 is 0.750 bits per heavy atom. The average Bonchev–Trinajstić information content (AvgIpc) is 3.29. The minimum Gasteiger partial charge on any atom is -0.338 e. The monoisotopic (exact) mass is 438 g/mol. The molecule has 4 rings (SSSR count). The molecule has 0 unspecified atom stereocenters. The van der Waals surface area contributed by atoms with Gasteiger partial charge in [0.25, 0.3) is 0 Å². The summed E-state index contributed by atoms with van der Waals surface area (Å²) < 4.78 is 0. The first-order valence-corrected chi connectivity index (χ1v) is 8.89. The Balaban J connectivity index is 0. The fourth-order valence-electron chi connectivity index (χ4n) is 2.28. The number of aldehydes is 1. The number of rotatable bonds is 3. The summed E-state index contributed by atoms with van der Waals surface area (Å²) in [6.07, 6.45) is 3.89. The van der Waals surface area contributed by atoms with Gasteiger partial charge in [-0.05, 0) is 57.2 Å². The Kier molecular flexibility index (Phi) is 14.2. The number of carbonyl (C=O) groups is 3. The van der Waals surface area contributed by atoms with Crippen LogP contribution in [0, 0.1) is 0 Å². The van der Waals surface area contributed by atoms with Crippen LogP contribution < -0.4 is 0 Å². The van der Waals surface area contributed by atoms with Gasteiger partial charge in [-0.25, -0.2) is 9.97 Å². The summed E-state index contributed by atoms with van der Waals surface area (Å²) in [5.41, 5.74) is 3.62. The van der Waals surface area contributed by atoms with E-state index in [2.05, 4.69) is 19.9 Å². The smallest absolute Gasteiger partial charge is 0.185 e. The first kappa shape index (κ1) is 30.3. The third kappa shape index (κ3) is 9.75. The number of aromatic amines is 2. The van der Waals surface area contributed by atoms with Crippen LogP contribution in [0.4, 0.5) is 0 Å². The molecule has 0 atom stereocenters. The Morgan fingerprint density at radius 3 is 1.56 bits per heavy atom. The highest BCUT2D eigenvalue weighted by Crippen LogP contribution is 2.11. The number of aromatic nitrogens is 4. The molecule has 0 saturated carbocycles.